The highest BCUT2D eigenvalue weighted by Gasteiger charge is 2.18. The molecule has 1 aliphatic heterocycles. The van der Waals surface area contributed by atoms with E-state index in [9.17, 15) is 4.79 Å². The molecular weight excluding hydrogens is 398 g/mol. The quantitative estimate of drug-likeness (QED) is 0.650. The SMILES string of the molecule is COc1ccccc1OCC(C)NC(=S)Nc1ccc(C(=O)N2CCCCC2)cc1. The molecule has 1 atom stereocenters. The number of piperidine rings is 1. The summed E-state index contributed by atoms with van der Waals surface area (Å²) in [5.74, 6) is 1.50. The van der Waals surface area contributed by atoms with Crippen LogP contribution in [0.4, 0.5) is 5.69 Å². The predicted octanol–water partition coefficient (Wildman–Crippen LogP) is 4.08. The van der Waals surface area contributed by atoms with E-state index in [4.69, 9.17) is 21.7 Å². The third-order valence-corrected chi connectivity index (χ3v) is 5.19. The summed E-state index contributed by atoms with van der Waals surface area (Å²) < 4.78 is 11.1. The maximum Gasteiger partial charge on any atom is 0.253 e. The fraction of sp³-hybridized carbons (Fsp3) is 0.391. The van der Waals surface area contributed by atoms with Crippen LogP contribution in [0.15, 0.2) is 48.5 Å². The Morgan fingerprint density at radius 3 is 2.40 bits per heavy atom. The highest BCUT2D eigenvalue weighted by molar-refractivity contribution is 7.80. The van der Waals surface area contributed by atoms with E-state index in [1.807, 2.05) is 60.4 Å². The number of carbonyl (C=O) groups excluding carboxylic acids is 1. The lowest BCUT2D eigenvalue weighted by atomic mass is 10.1. The van der Waals surface area contributed by atoms with Crippen molar-refractivity contribution in [3.63, 3.8) is 0 Å². The third-order valence-electron chi connectivity index (χ3n) is 4.97. The molecule has 0 bridgehead atoms. The monoisotopic (exact) mass is 427 g/mol. The van der Waals surface area contributed by atoms with Crippen LogP contribution in [0, 0.1) is 0 Å². The topological polar surface area (TPSA) is 62.8 Å². The van der Waals surface area contributed by atoms with Crippen LogP contribution in [0.3, 0.4) is 0 Å². The van der Waals surface area contributed by atoms with Gasteiger partial charge in [-0.3, -0.25) is 4.79 Å². The number of hydrogen-bond donors (Lipinski definition) is 2. The molecule has 0 aliphatic carbocycles. The molecule has 7 heteroatoms. The summed E-state index contributed by atoms with van der Waals surface area (Å²) in [6.07, 6.45) is 3.38. The Morgan fingerprint density at radius 1 is 1.07 bits per heavy atom. The van der Waals surface area contributed by atoms with Crippen molar-refractivity contribution in [1.82, 2.24) is 10.2 Å². The Morgan fingerprint density at radius 2 is 1.73 bits per heavy atom. The van der Waals surface area contributed by atoms with Crippen LogP contribution in [0.5, 0.6) is 11.5 Å². The number of para-hydroxylation sites is 2. The molecule has 30 heavy (non-hydrogen) atoms. The molecule has 2 N–H and O–H groups in total. The molecule has 0 saturated carbocycles. The average Bonchev–Trinajstić information content (AvgIpc) is 2.78. The van der Waals surface area contributed by atoms with Crippen LogP contribution in [0.25, 0.3) is 0 Å². The van der Waals surface area contributed by atoms with E-state index in [2.05, 4.69) is 10.6 Å². The number of rotatable bonds is 7. The highest BCUT2D eigenvalue weighted by atomic mass is 32.1. The van der Waals surface area contributed by atoms with Gasteiger partial charge in [0.1, 0.15) is 6.61 Å². The van der Waals surface area contributed by atoms with Gasteiger partial charge in [-0.1, -0.05) is 12.1 Å². The fourth-order valence-corrected chi connectivity index (χ4v) is 3.68. The van der Waals surface area contributed by atoms with E-state index in [1.165, 1.54) is 6.42 Å². The van der Waals surface area contributed by atoms with Gasteiger partial charge in [0.25, 0.3) is 5.91 Å². The lowest BCUT2D eigenvalue weighted by Gasteiger charge is -2.26. The Bertz CT molecular complexity index is 851. The van der Waals surface area contributed by atoms with Crippen molar-refractivity contribution in [2.75, 3.05) is 32.1 Å². The molecule has 0 radical (unpaired) electrons. The predicted molar refractivity (Wildman–Crippen MR) is 124 cm³/mol. The van der Waals surface area contributed by atoms with E-state index in [-0.39, 0.29) is 11.9 Å². The van der Waals surface area contributed by atoms with Crippen LogP contribution < -0.4 is 20.1 Å². The molecule has 0 aromatic heterocycles. The average molecular weight is 428 g/mol. The zero-order valence-electron chi connectivity index (χ0n) is 17.5. The van der Waals surface area contributed by atoms with E-state index in [1.54, 1.807) is 7.11 Å². The van der Waals surface area contributed by atoms with Crippen molar-refractivity contribution in [3.05, 3.63) is 54.1 Å². The number of nitrogens with zero attached hydrogens (tertiary/aromatic N) is 1. The summed E-state index contributed by atoms with van der Waals surface area (Å²) in [5, 5.41) is 6.86. The number of benzene rings is 2. The van der Waals surface area contributed by atoms with Crippen molar-refractivity contribution in [2.45, 2.75) is 32.2 Å². The van der Waals surface area contributed by atoms with Gasteiger partial charge in [0.2, 0.25) is 0 Å². The summed E-state index contributed by atoms with van der Waals surface area (Å²) >= 11 is 5.40. The smallest absolute Gasteiger partial charge is 0.253 e. The minimum absolute atomic E-state index is 0.00475. The van der Waals surface area contributed by atoms with Gasteiger partial charge in [0.05, 0.1) is 13.2 Å². The molecule has 6 nitrogen and oxygen atoms in total. The van der Waals surface area contributed by atoms with Gasteiger partial charge in [-0.25, -0.2) is 0 Å². The normalized spacial score (nSPS) is 14.5. The van der Waals surface area contributed by atoms with Gasteiger partial charge in [0.15, 0.2) is 16.6 Å². The number of likely N-dealkylation sites (tertiary alicyclic amines) is 1. The van der Waals surface area contributed by atoms with Crippen molar-refractivity contribution in [1.29, 1.82) is 0 Å². The van der Waals surface area contributed by atoms with Gasteiger partial charge < -0.3 is 25.0 Å². The summed E-state index contributed by atoms with van der Waals surface area (Å²) in [6, 6.07) is 15.0. The van der Waals surface area contributed by atoms with E-state index in [0.29, 0.717) is 28.8 Å². The van der Waals surface area contributed by atoms with E-state index in [0.717, 1.165) is 31.6 Å². The Balaban J connectivity index is 1.46. The second-order valence-corrected chi connectivity index (χ2v) is 7.80. The molecular formula is C23H29N3O3S. The van der Waals surface area contributed by atoms with Crippen LogP contribution in [-0.2, 0) is 0 Å². The van der Waals surface area contributed by atoms with Crippen molar-refractivity contribution in [3.8, 4) is 11.5 Å². The van der Waals surface area contributed by atoms with Gasteiger partial charge >= 0.3 is 0 Å². The molecule has 0 spiro atoms. The number of methoxy groups -OCH3 is 1. The molecule has 1 saturated heterocycles. The molecule has 1 unspecified atom stereocenters. The zero-order chi connectivity index (χ0) is 21.3. The molecule has 1 heterocycles. The number of nitrogens with one attached hydrogen (secondary N) is 2. The third kappa shape index (κ3) is 6.10. The van der Waals surface area contributed by atoms with E-state index < -0.39 is 0 Å². The summed E-state index contributed by atoms with van der Waals surface area (Å²) in [7, 11) is 1.62. The number of hydrogen-bond acceptors (Lipinski definition) is 4. The molecule has 2 aromatic rings. The first-order valence-corrected chi connectivity index (χ1v) is 10.7. The van der Waals surface area contributed by atoms with Gasteiger partial charge in [-0.15, -0.1) is 0 Å². The lowest BCUT2D eigenvalue weighted by molar-refractivity contribution is 0.0724. The number of amides is 1. The molecule has 1 aliphatic rings. The molecule has 1 amide bonds. The maximum atomic E-state index is 12.6. The van der Waals surface area contributed by atoms with Gasteiger partial charge in [-0.05, 0) is 74.8 Å². The van der Waals surface area contributed by atoms with Gasteiger partial charge in [0, 0.05) is 24.3 Å². The number of ether oxygens (including phenoxy) is 2. The Hall–Kier alpha value is -2.80. The van der Waals surface area contributed by atoms with Gasteiger partial charge in [-0.2, -0.15) is 0 Å². The Kier molecular flexibility index (Phi) is 7.90. The van der Waals surface area contributed by atoms with Crippen LogP contribution in [0.1, 0.15) is 36.5 Å². The van der Waals surface area contributed by atoms with Crippen molar-refractivity contribution in [2.24, 2.45) is 0 Å². The first-order valence-electron chi connectivity index (χ1n) is 10.3. The zero-order valence-corrected chi connectivity index (χ0v) is 18.3. The molecule has 3 rings (SSSR count). The minimum atomic E-state index is -0.00475. The first kappa shape index (κ1) is 21.9. The van der Waals surface area contributed by atoms with E-state index >= 15 is 0 Å². The van der Waals surface area contributed by atoms with Crippen LogP contribution in [-0.4, -0.2) is 48.8 Å². The summed E-state index contributed by atoms with van der Waals surface area (Å²) in [6.45, 7) is 4.12. The van der Waals surface area contributed by atoms with Crippen LogP contribution >= 0.6 is 12.2 Å². The number of thiocarbonyl (C=S) groups is 1. The summed E-state index contributed by atoms with van der Waals surface area (Å²) in [5.41, 5.74) is 1.54. The maximum absolute atomic E-state index is 12.6. The lowest BCUT2D eigenvalue weighted by Crippen LogP contribution is -2.39. The number of anilines is 1. The highest BCUT2D eigenvalue weighted by Crippen LogP contribution is 2.25. The second-order valence-electron chi connectivity index (χ2n) is 7.39. The largest absolute Gasteiger partial charge is 0.493 e. The van der Waals surface area contributed by atoms with Crippen molar-refractivity contribution >= 4 is 28.9 Å². The molecule has 160 valence electrons. The second kappa shape index (κ2) is 10.8. The van der Waals surface area contributed by atoms with Crippen LogP contribution in [0.2, 0.25) is 0 Å². The van der Waals surface area contributed by atoms with Crippen molar-refractivity contribution < 1.29 is 14.3 Å². The standard InChI is InChI=1S/C23H29N3O3S/c1-17(16-29-21-9-5-4-8-20(21)28-2)24-23(30)25-19-12-10-18(11-13-19)22(27)26-14-6-3-7-15-26/h4-5,8-13,17H,3,6-7,14-16H2,1-2H3,(H2,24,25,30). The molecule has 1 fully saturated rings. The number of carbonyl (C=O) groups is 1. The summed E-state index contributed by atoms with van der Waals surface area (Å²) in [4.78, 5) is 14.5. The fourth-order valence-electron chi connectivity index (χ4n) is 3.36. The minimum Gasteiger partial charge on any atom is -0.493 e. The molecule has 2 aromatic carbocycles. The first-order chi connectivity index (χ1) is 14.6. The Labute approximate surface area is 183 Å².